The third-order valence-corrected chi connectivity index (χ3v) is 1.29. The molecule has 0 unspecified atom stereocenters. The highest BCUT2D eigenvalue weighted by Crippen LogP contribution is 1.96. The fourth-order valence-corrected chi connectivity index (χ4v) is 0.632. The molecular formula is C6H15ClN2O2. The topological polar surface area (TPSA) is 89.3 Å². The summed E-state index contributed by atoms with van der Waals surface area (Å²) in [6.07, 6.45) is 2.16. The van der Waals surface area contributed by atoms with Gasteiger partial charge in [0.05, 0.1) is 0 Å². The van der Waals surface area contributed by atoms with Crippen molar-refractivity contribution in [2.75, 3.05) is 6.54 Å². The number of nitrogens with two attached hydrogens (primary N) is 2. The second-order valence-electron chi connectivity index (χ2n) is 2.23. The molecular weight excluding hydrogens is 168 g/mol. The Balaban J connectivity index is 0. The van der Waals surface area contributed by atoms with Gasteiger partial charge in [-0.3, -0.25) is 4.79 Å². The molecule has 0 aliphatic carbocycles. The van der Waals surface area contributed by atoms with Crippen LogP contribution in [0.5, 0.6) is 0 Å². The summed E-state index contributed by atoms with van der Waals surface area (Å²) in [7, 11) is 0. The molecule has 0 amide bonds. The smallest absolute Gasteiger partial charge is 0.320 e. The molecule has 0 rings (SSSR count). The largest absolute Gasteiger partial charge is 0.480 e. The van der Waals surface area contributed by atoms with Crippen LogP contribution in [0.4, 0.5) is 0 Å². The van der Waals surface area contributed by atoms with Gasteiger partial charge >= 0.3 is 5.97 Å². The molecule has 0 aromatic rings. The van der Waals surface area contributed by atoms with Crippen LogP contribution in [-0.4, -0.2) is 23.7 Å². The molecule has 5 heteroatoms. The van der Waals surface area contributed by atoms with Crippen molar-refractivity contribution in [2.45, 2.75) is 25.3 Å². The summed E-state index contributed by atoms with van der Waals surface area (Å²) in [5.74, 6) is -0.933. The molecule has 0 spiro atoms. The van der Waals surface area contributed by atoms with Gasteiger partial charge in [-0.15, -0.1) is 12.4 Å². The maximum Gasteiger partial charge on any atom is 0.320 e. The summed E-state index contributed by atoms with van der Waals surface area (Å²) in [6, 6.07) is -0.716. The van der Waals surface area contributed by atoms with Crippen molar-refractivity contribution in [3.63, 3.8) is 0 Å². The van der Waals surface area contributed by atoms with E-state index in [-0.39, 0.29) is 12.4 Å². The Kier molecular flexibility index (Phi) is 9.40. The van der Waals surface area contributed by atoms with E-state index in [0.29, 0.717) is 13.0 Å². The Labute approximate surface area is 72.4 Å². The first-order valence-corrected chi connectivity index (χ1v) is 3.37. The van der Waals surface area contributed by atoms with Crippen LogP contribution in [0.25, 0.3) is 0 Å². The summed E-state index contributed by atoms with van der Waals surface area (Å²) >= 11 is 0. The lowest BCUT2D eigenvalue weighted by molar-refractivity contribution is -0.138. The maximum absolute atomic E-state index is 10.1. The third kappa shape index (κ3) is 7.58. The van der Waals surface area contributed by atoms with Crippen LogP contribution in [0.3, 0.4) is 0 Å². The number of hydrogen-bond donors (Lipinski definition) is 3. The second-order valence-corrected chi connectivity index (χ2v) is 2.23. The lowest BCUT2D eigenvalue weighted by atomic mass is 10.1. The van der Waals surface area contributed by atoms with Crippen molar-refractivity contribution < 1.29 is 9.90 Å². The standard InChI is InChI=1S/C6H14N2O2.ClH/c7-4-2-1-3-5(8)6(9)10;/h5H,1-4,7-8H2,(H,9,10);1H/t5-;/m1./s1. The van der Waals surface area contributed by atoms with Gasteiger partial charge in [0, 0.05) is 0 Å². The Morgan fingerprint density at radius 3 is 2.36 bits per heavy atom. The Bertz CT molecular complexity index is 111. The minimum atomic E-state index is -0.933. The molecule has 0 aliphatic heterocycles. The van der Waals surface area contributed by atoms with Crippen molar-refractivity contribution in [1.82, 2.24) is 0 Å². The molecule has 0 bridgehead atoms. The average molecular weight is 183 g/mol. The summed E-state index contributed by atoms with van der Waals surface area (Å²) in [6.45, 7) is 0.604. The van der Waals surface area contributed by atoms with E-state index >= 15 is 0 Å². The number of carboxylic acid groups (broad SMARTS) is 1. The molecule has 0 saturated carbocycles. The van der Waals surface area contributed by atoms with E-state index in [0.717, 1.165) is 12.8 Å². The lowest BCUT2D eigenvalue weighted by Crippen LogP contribution is -2.29. The van der Waals surface area contributed by atoms with Gasteiger partial charge in [-0.25, -0.2) is 0 Å². The minimum absolute atomic E-state index is 0. The van der Waals surface area contributed by atoms with Crippen LogP contribution in [0, 0.1) is 0 Å². The van der Waals surface area contributed by atoms with E-state index < -0.39 is 12.0 Å². The van der Waals surface area contributed by atoms with Gasteiger partial charge in [-0.1, -0.05) is 6.42 Å². The molecule has 5 N–H and O–H groups in total. The molecule has 0 heterocycles. The zero-order valence-corrected chi connectivity index (χ0v) is 7.14. The first-order valence-electron chi connectivity index (χ1n) is 3.37. The number of hydrogen-bond acceptors (Lipinski definition) is 3. The molecule has 1 atom stereocenters. The van der Waals surface area contributed by atoms with Gasteiger partial charge in [0.2, 0.25) is 0 Å². The molecule has 0 aromatic carbocycles. The lowest BCUT2D eigenvalue weighted by Gasteiger charge is -2.03. The van der Waals surface area contributed by atoms with Crippen LogP contribution in [0.2, 0.25) is 0 Å². The summed E-state index contributed by atoms with van der Waals surface area (Å²) in [5, 5.41) is 8.33. The van der Waals surface area contributed by atoms with E-state index in [1.54, 1.807) is 0 Å². The van der Waals surface area contributed by atoms with Crippen molar-refractivity contribution >= 4 is 18.4 Å². The van der Waals surface area contributed by atoms with Gasteiger partial charge in [-0.05, 0) is 19.4 Å². The SMILES string of the molecule is Cl.NCCCC[C@@H](N)C(=O)O. The fraction of sp³-hybridized carbons (Fsp3) is 0.833. The van der Waals surface area contributed by atoms with Gasteiger partial charge in [0.25, 0.3) is 0 Å². The maximum atomic E-state index is 10.1. The van der Waals surface area contributed by atoms with E-state index in [9.17, 15) is 4.79 Å². The molecule has 11 heavy (non-hydrogen) atoms. The van der Waals surface area contributed by atoms with Gasteiger partial charge in [-0.2, -0.15) is 0 Å². The number of unbranched alkanes of at least 4 members (excludes halogenated alkanes) is 1. The van der Waals surface area contributed by atoms with E-state index in [1.165, 1.54) is 0 Å². The number of aliphatic carboxylic acids is 1. The zero-order chi connectivity index (χ0) is 7.98. The first kappa shape index (κ1) is 13.3. The van der Waals surface area contributed by atoms with Crippen molar-refractivity contribution in [2.24, 2.45) is 11.5 Å². The molecule has 0 radical (unpaired) electrons. The Morgan fingerprint density at radius 1 is 1.45 bits per heavy atom. The first-order chi connectivity index (χ1) is 4.68. The predicted molar refractivity (Wildman–Crippen MR) is 45.8 cm³/mol. The van der Waals surface area contributed by atoms with Crippen LogP contribution < -0.4 is 11.5 Å². The molecule has 0 aliphatic rings. The van der Waals surface area contributed by atoms with Crippen LogP contribution in [0.15, 0.2) is 0 Å². The highest BCUT2D eigenvalue weighted by molar-refractivity contribution is 5.85. The summed E-state index contributed by atoms with van der Waals surface area (Å²) < 4.78 is 0. The van der Waals surface area contributed by atoms with Crippen molar-refractivity contribution in [3.05, 3.63) is 0 Å². The molecule has 0 aromatic heterocycles. The predicted octanol–water partition coefficient (Wildman–Crippen LogP) is -0.0509. The van der Waals surface area contributed by atoms with Gasteiger partial charge in [0.1, 0.15) is 6.04 Å². The number of halogens is 1. The van der Waals surface area contributed by atoms with Gasteiger partial charge < -0.3 is 16.6 Å². The van der Waals surface area contributed by atoms with Crippen molar-refractivity contribution in [3.8, 4) is 0 Å². The molecule has 0 fully saturated rings. The van der Waals surface area contributed by atoms with Crippen LogP contribution in [-0.2, 0) is 4.79 Å². The molecule has 0 saturated heterocycles. The van der Waals surface area contributed by atoms with Crippen LogP contribution in [0.1, 0.15) is 19.3 Å². The second kappa shape index (κ2) is 7.78. The van der Waals surface area contributed by atoms with Gasteiger partial charge in [0.15, 0.2) is 0 Å². The number of rotatable bonds is 5. The molecule has 68 valence electrons. The number of carbonyl (C=O) groups is 1. The normalized spacial score (nSPS) is 11.8. The monoisotopic (exact) mass is 182 g/mol. The Morgan fingerprint density at radius 2 is 2.00 bits per heavy atom. The molecule has 4 nitrogen and oxygen atoms in total. The van der Waals surface area contributed by atoms with E-state index in [1.807, 2.05) is 0 Å². The Hall–Kier alpha value is -0.320. The highest BCUT2D eigenvalue weighted by Gasteiger charge is 2.09. The average Bonchev–Trinajstić information content (AvgIpc) is 1.88. The van der Waals surface area contributed by atoms with Crippen LogP contribution >= 0.6 is 12.4 Å². The highest BCUT2D eigenvalue weighted by atomic mass is 35.5. The summed E-state index contributed by atoms with van der Waals surface area (Å²) in [5.41, 5.74) is 10.4. The van der Waals surface area contributed by atoms with E-state index in [2.05, 4.69) is 0 Å². The zero-order valence-electron chi connectivity index (χ0n) is 6.32. The number of carboxylic acids is 1. The summed E-state index contributed by atoms with van der Waals surface area (Å²) in [4.78, 5) is 10.1. The third-order valence-electron chi connectivity index (χ3n) is 1.29. The fourth-order valence-electron chi connectivity index (χ4n) is 0.632. The van der Waals surface area contributed by atoms with E-state index in [4.69, 9.17) is 16.6 Å². The van der Waals surface area contributed by atoms with Crippen molar-refractivity contribution in [1.29, 1.82) is 0 Å². The quantitative estimate of drug-likeness (QED) is 0.520. The minimum Gasteiger partial charge on any atom is -0.480 e.